The van der Waals surface area contributed by atoms with Gasteiger partial charge < -0.3 is 0 Å². The van der Waals surface area contributed by atoms with E-state index in [1.54, 1.807) is 0 Å². The van der Waals surface area contributed by atoms with E-state index in [0.29, 0.717) is 25.1 Å². The predicted molar refractivity (Wildman–Crippen MR) is 68.7 cm³/mol. The second kappa shape index (κ2) is 5.11. The van der Waals surface area contributed by atoms with Gasteiger partial charge in [-0.2, -0.15) is 9.57 Å². The highest BCUT2D eigenvalue weighted by molar-refractivity contribution is 7.89. The number of hydrogen-bond donors (Lipinski definition) is 0. The van der Waals surface area contributed by atoms with Crippen LogP contribution in [0, 0.1) is 11.3 Å². The van der Waals surface area contributed by atoms with Crippen LogP contribution in [-0.4, -0.2) is 25.8 Å². The molecule has 0 amide bonds. The minimum Gasteiger partial charge on any atom is -0.207 e. The number of hydrogen-bond acceptors (Lipinski definition) is 3. The SMILES string of the molecule is N#Cc1ccc(S(=O)(=O)N2CC=CCC2)c(Cl)c1. The van der Waals surface area contributed by atoms with Crippen molar-refractivity contribution < 1.29 is 8.42 Å². The van der Waals surface area contributed by atoms with Crippen molar-refractivity contribution in [2.45, 2.75) is 11.3 Å². The molecule has 18 heavy (non-hydrogen) atoms. The molecule has 0 unspecified atom stereocenters. The summed E-state index contributed by atoms with van der Waals surface area (Å²) < 4.78 is 26.0. The summed E-state index contributed by atoms with van der Waals surface area (Å²) in [5.74, 6) is 0. The zero-order valence-electron chi connectivity index (χ0n) is 9.51. The van der Waals surface area contributed by atoms with E-state index >= 15 is 0 Å². The van der Waals surface area contributed by atoms with E-state index < -0.39 is 10.0 Å². The number of benzene rings is 1. The fraction of sp³-hybridized carbons (Fsp3) is 0.250. The molecule has 1 aliphatic rings. The largest absolute Gasteiger partial charge is 0.244 e. The molecule has 0 aliphatic carbocycles. The Labute approximate surface area is 111 Å². The lowest BCUT2D eigenvalue weighted by Crippen LogP contribution is -2.33. The van der Waals surface area contributed by atoms with Crippen molar-refractivity contribution in [3.05, 3.63) is 40.9 Å². The van der Waals surface area contributed by atoms with E-state index in [2.05, 4.69) is 0 Å². The molecule has 0 saturated heterocycles. The molecule has 1 aromatic carbocycles. The maximum absolute atomic E-state index is 12.3. The quantitative estimate of drug-likeness (QED) is 0.781. The van der Waals surface area contributed by atoms with Crippen LogP contribution in [-0.2, 0) is 10.0 Å². The number of halogens is 1. The molecule has 2 rings (SSSR count). The summed E-state index contributed by atoms with van der Waals surface area (Å²) in [4.78, 5) is 0.0541. The van der Waals surface area contributed by atoms with Gasteiger partial charge in [0.25, 0.3) is 0 Å². The first-order chi connectivity index (χ1) is 8.55. The van der Waals surface area contributed by atoms with Gasteiger partial charge >= 0.3 is 0 Å². The number of rotatable bonds is 2. The second-order valence-electron chi connectivity index (χ2n) is 3.88. The van der Waals surface area contributed by atoms with Gasteiger partial charge in [0.05, 0.1) is 16.7 Å². The van der Waals surface area contributed by atoms with Crippen LogP contribution >= 0.6 is 11.6 Å². The summed E-state index contributed by atoms with van der Waals surface area (Å²) in [5, 5.41) is 8.81. The van der Waals surface area contributed by atoms with Gasteiger partial charge in [-0.15, -0.1) is 0 Å². The maximum Gasteiger partial charge on any atom is 0.244 e. The van der Waals surface area contributed by atoms with E-state index in [0.717, 1.165) is 0 Å². The van der Waals surface area contributed by atoms with Crippen LogP contribution in [0.3, 0.4) is 0 Å². The molecule has 0 saturated carbocycles. The molecule has 0 bridgehead atoms. The van der Waals surface area contributed by atoms with Gasteiger partial charge in [0.1, 0.15) is 4.90 Å². The summed E-state index contributed by atoms with van der Waals surface area (Å²) in [6.07, 6.45) is 4.47. The van der Waals surface area contributed by atoms with Crippen molar-refractivity contribution in [1.29, 1.82) is 5.26 Å². The smallest absolute Gasteiger partial charge is 0.207 e. The van der Waals surface area contributed by atoms with Crippen LogP contribution in [0.15, 0.2) is 35.2 Å². The van der Waals surface area contributed by atoms with Crippen molar-refractivity contribution in [3.8, 4) is 6.07 Å². The molecule has 1 aliphatic heterocycles. The van der Waals surface area contributed by atoms with Crippen LogP contribution in [0.2, 0.25) is 5.02 Å². The van der Waals surface area contributed by atoms with E-state index in [1.807, 2.05) is 18.2 Å². The monoisotopic (exact) mass is 282 g/mol. The molecule has 6 heteroatoms. The summed E-state index contributed by atoms with van der Waals surface area (Å²) in [5.41, 5.74) is 0.345. The lowest BCUT2D eigenvalue weighted by atomic mass is 10.2. The molecule has 4 nitrogen and oxygen atoms in total. The van der Waals surface area contributed by atoms with Crippen LogP contribution in [0.25, 0.3) is 0 Å². The van der Waals surface area contributed by atoms with Crippen molar-refractivity contribution in [1.82, 2.24) is 4.31 Å². The molecule has 0 fully saturated rings. The number of nitrogens with zero attached hydrogens (tertiary/aromatic N) is 2. The van der Waals surface area contributed by atoms with Gasteiger partial charge in [-0.05, 0) is 24.6 Å². The Morgan fingerprint density at radius 3 is 2.67 bits per heavy atom. The maximum atomic E-state index is 12.3. The molecule has 0 atom stereocenters. The highest BCUT2D eigenvalue weighted by Crippen LogP contribution is 2.26. The average Bonchev–Trinajstić information content (AvgIpc) is 2.39. The summed E-state index contributed by atoms with van der Waals surface area (Å²) in [6, 6.07) is 6.13. The van der Waals surface area contributed by atoms with Gasteiger partial charge in [-0.1, -0.05) is 23.8 Å². The first-order valence-corrected chi connectivity index (χ1v) is 7.22. The third-order valence-corrected chi connectivity index (χ3v) is 5.05. The minimum absolute atomic E-state index is 0.0541. The van der Waals surface area contributed by atoms with Crippen LogP contribution in [0.4, 0.5) is 0 Å². The van der Waals surface area contributed by atoms with Gasteiger partial charge in [-0.25, -0.2) is 8.42 Å². The Morgan fingerprint density at radius 1 is 1.33 bits per heavy atom. The van der Waals surface area contributed by atoms with Crippen molar-refractivity contribution >= 4 is 21.6 Å². The number of nitriles is 1. The van der Waals surface area contributed by atoms with E-state index in [1.165, 1.54) is 22.5 Å². The molecule has 1 heterocycles. The fourth-order valence-corrected chi connectivity index (χ4v) is 3.68. The fourth-order valence-electron chi connectivity index (χ4n) is 1.76. The molecular weight excluding hydrogens is 272 g/mol. The Bertz CT molecular complexity index is 632. The van der Waals surface area contributed by atoms with Crippen LogP contribution in [0.5, 0.6) is 0 Å². The molecular formula is C12H11ClN2O2S. The van der Waals surface area contributed by atoms with E-state index in [4.69, 9.17) is 16.9 Å². The minimum atomic E-state index is -3.58. The van der Waals surface area contributed by atoms with Crippen molar-refractivity contribution in [2.75, 3.05) is 13.1 Å². The van der Waals surface area contributed by atoms with E-state index in [9.17, 15) is 8.42 Å². The van der Waals surface area contributed by atoms with Crippen LogP contribution in [0.1, 0.15) is 12.0 Å². The molecule has 0 radical (unpaired) electrons. The summed E-state index contributed by atoms with van der Waals surface area (Å²) >= 11 is 5.94. The average molecular weight is 283 g/mol. The normalized spacial score (nSPS) is 16.4. The zero-order chi connectivity index (χ0) is 13.2. The first-order valence-electron chi connectivity index (χ1n) is 5.40. The standard InChI is InChI=1S/C12H11ClN2O2S/c13-11-8-10(9-14)4-5-12(11)18(16,17)15-6-2-1-3-7-15/h1-2,4-5,8H,3,6-7H2. The molecule has 1 aromatic rings. The highest BCUT2D eigenvalue weighted by atomic mass is 35.5. The Balaban J connectivity index is 2.42. The molecule has 94 valence electrons. The van der Waals surface area contributed by atoms with E-state index in [-0.39, 0.29) is 9.92 Å². The van der Waals surface area contributed by atoms with Gasteiger partial charge in [-0.3, -0.25) is 0 Å². The topological polar surface area (TPSA) is 61.2 Å². The lowest BCUT2D eigenvalue weighted by Gasteiger charge is -2.23. The van der Waals surface area contributed by atoms with Crippen LogP contribution < -0.4 is 0 Å². The summed E-state index contributed by atoms with van der Waals surface area (Å²) in [7, 11) is -3.58. The first kappa shape index (κ1) is 13.1. The lowest BCUT2D eigenvalue weighted by molar-refractivity contribution is 0.437. The van der Waals surface area contributed by atoms with Gasteiger partial charge in [0.15, 0.2) is 0 Å². The van der Waals surface area contributed by atoms with Crippen molar-refractivity contribution in [3.63, 3.8) is 0 Å². The van der Waals surface area contributed by atoms with Gasteiger partial charge in [0.2, 0.25) is 10.0 Å². The summed E-state index contributed by atoms with van der Waals surface area (Å²) in [6.45, 7) is 0.813. The van der Waals surface area contributed by atoms with Crippen molar-refractivity contribution in [2.24, 2.45) is 0 Å². The molecule has 0 aromatic heterocycles. The molecule has 0 N–H and O–H groups in total. The second-order valence-corrected chi connectivity index (χ2v) is 6.19. The predicted octanol–water partition coefficient (Wildman–Crippen LogP) is 2.16. The zero-order valence-corrected chi connectivity index (χ0v) is 11.1. The van der Waals surface area contributed by atoms with Gasteiger partial charge in [0, 0.05) is 13.1 Å². The molecule has 0 spiro atoms. The highest BCUT2D eigenvalue weighted by Gasteiger charge is 2.26. The third kappa shape index (κ3) is 2.41. The third-order valence-electron chi connectivity index (χ3n) is 2.70. The number of sulfonamides is 1. The Kier molecular flexibility index (Phi) is 3.71. The Morgan fingerprint density at radius 2 is 2.11 bits per heavy atom. The Hall–Kier alpha value is -1.35.